The van der Waals surface area contributed by atoms with E-state index in [2.05, 4.69) is 112 Å². The lowest BCUT2D eigenvalue weighted by atomic mass is 9.81. The third-order valence-electron chi connectivity index (χ3n) is 11.3. The van der Waals surface area contributed by atoms with Gasteiger partial charge in [0.25, 0.3) is 0 Å². The van der Waals surface area contributed by atoms with Gasteiger partial charge in [-0.25, -0.2) is 0 Å². The molecule has 0 radical (unpaired) electrons. The summed E-state index contributed by atoms with van der Waals surface area (Å²) in [7, 11) is -2.27. The highest BCUT2D eigenvalue weighted by Gasteiger charge is 2.41. The molecule has 272 valence electrons. The normalized spacial score (nSPS) is 27.0. The van der Waals surface area contributed by atoms with Crippen molar-refractivity contribution in [2.24, 2.45) is 0 Å². The Labute approximate surface area is 288 Å². The summed E-state index contributed by atoms with van der Waals surface area (Å²) in [6.07, 6.45) is 11.4. The second kappa shape index (κ2) is 15.6. The Morgan fingerprint density at radius 1 is 0.500 bits per heavy atom. The van der Waals surface area contributed by atoms with Crippen LogP contribution in [0.15, 0.2) is 0 Å². The average molecular weight is 682 g/mol. The van der Waals surface area contributed by atoms with Crippen LogP contribution in [0.1, 0.15) is 141 Å². The minimum Gasteiger partial charge on any atom is -0.378 e. The van der Waals surface area contributed by atoms with E-state index < -0.39 is 15.9 Å². The molecule has 1 atom stereocenters. The van der Waals surface area contributed by atoms with Gasteiger partial charge in [-0.1, -0.05) is 31.2 Å². The van der Waals surface area contributed by atoms with E-state index in [9.17, 15) is 0 Å². The van der Waals surface area contributed by atoms with Crippen molar-refractivity contribution in [2.75, 3.05) is 19.8 Å². The van der Waals surface area contributed by atoms with Gasteiger partial charge in [0.05, 0.1) is 18.3 Å². The minimum atomic E-state index is -1.39. The maximum Gasteiger partial charge on any atom is 0.0609 e. The molecule has 3 aliphatic rings. The molecule has 6 nitrogen and oxygen atoms in total. The zero-order chi connectivity index (χ0) is 34.7. The molecule has 3 aliphatic heterocycles. The molecule has 3 rings (SSSR count). The lowest BCUT2D eigenvalue weighted by molar-refractivity contribution is -0.0221. The first-order valence-corrected chi connectivity index (χ1v) is 25.8. The summed E-state index contributed by atoms with van der Waals surface area (Å²) in [6, 6.07) is 4.22. The number of ether oxygens (including phenoxy) is 3. The van der Waals surface area contributed by atoms with E-state index in [0.717, 1.165) is 58.3 Å². The van der Waals surface area contributed by atoms with Crippen LogP contribution in [-0.4, -0.2) is 87.3 Å². The molecule has 3 N–H and O–H groups in total. The summed E-state index contributed by atoms with van der Waals surface area (Å²) in [5.74, 6) is 0. The van der Waals surface area contributed by atoms with Crippen molar-refractivity contribution in [2.45, 2.75) is 224 Å². The van der Waals surface area contributed by atoms with E-state index in [1.54, 1.807) is 0 Å². The lowest BCUT2D eigenvalue weighted by Crippen LogP contribution is -2.59. The van der Waals surface area contributed by atoms with Crippen molar-refractivity contribution in [3.05, 3.63) is 0 Å². The van der Waals surface area contributed by atoms with Gasteiger partial charge < -0.3 is 30.2 Å². The molecule has 8 heteroatoms. The molecule has 3 heterocycles. The Hall–Kier alpha value is 0.194. The van der Waals surface area contributed by atoms with Gasteiger partial charge in [0.2, 0.25) is 0 Å². The second-order valence-electron chi connectivity index (χ2n) is 20.3. The lowest BCUT2D eigenvalue weighted by Gasteiger charge is -2.46. The molecule has 3 fully saturated rings. The number of nitrogens with one attached hydrogen (secondary N) is 3. The van der Waals surface area contributed by atoms with Crippen LogP contribution in [0.5, 0.6) is 0 Å². The fourth-order valence-corrected chi connectivity index (χ4v) is 21.6. The smallest absolute Gasteiger partial charge is 0.0609 e. The molecule has 0 aromatic heterocycles. The summed E-state index contributed by atoms with van der Waals surface area (Å²) in [5.41, 5.74) is 0.831. The summed E-state index contributed by atoms with van der Waals surface area (Å²) < 4.78 is 19.8. The van der Waals surface area contributed by atoms with Gasteiger partial charge in [-0.3, -0.25) is 0 Å². The van der Waals surface area contributed by atoms with Crippen molar-refractivity contribution < 1.29 is 14.2 Å². The standard InChI is InChI=1S/C38H79N3O3Si2/c1-33(2)24-30(25-34(3,4)39-33)42-18-15-21-45(13)46(14,22-16-19-43-31-26-35(5,6)40-36(7,8)27-31)23-17-20-44-32-28-37(9,10)41-38(11,12)29-32/h30-32,39-41,45H,15-29H2,1-14H3. The van der Waals surface area contributed by atoms with Crippen molar-refractivity contribution in [1.29, 1.82) is 0 Å². The Kier molecular flexibility index (Phi) is 13.8. The van der Waals surface area contributed by atoms with Crippen LogP contribution in [0.4, 0.5) is 0 Å². The molecule has 0 aromatic rings. The van der Waals surface area contributed by atoms with Crippen molar-refractivity contribution in [1.82, 2.24) is 16.0 Å². The van der Waals surface area contributed by atoms with Gasteiger partial charge in [0.1, 0.15) is 0 Å². The number of rotatable bonds is 16. The predicted octanol–water partition coefficient (Wildman–Crippen LogP) is 8.15. The van der Waals surface area contributed by atoms with Crippen LogP contribution in [0, 0.1) is 0 Å². The van der Waals surface area contributed by atoms with Crippen LogP contribution in [0.2, 0.25) is 31.2 Å². The monoisotopic (exact) mass is 682 g/mol. The fourth-order valence-electron chi connectivity index (χ4n) is 10.1. The molecule has 0 amide bonds. The minimum absolute atomic E-state index is 0.137. The van der Waals surface area contributed by atoms with Crippen LogP contribution in [0.3, 0.4) is 0 Å². The number of hydrogen-bond donors (Lipinski definition) is 3. The largest absolute Gasteiger partial charge is 0.378 e. The van der Waals surface area contributed by atoms with E-state index in [1.807, 2.05) is 0 Å². The molecule has 0 bridgehead atoms. The molecule has 0 aliphatic carbocycles. The third-order valence-corrected chi connectivity index (χ3v) is 27.7. The highest BCUT2D eigenvalue weighted by molar-refractivity contribution is 7.32. The van der Waals surface area contributed by atoms with E-state index >= 15 is 0 Å². The Bertz CT molecular complexity index is 857. The summed E-state index contributed by atoms with van der Waals surface area (Å²) in [5, 5.41) is 11.4. The van der Waals surface area contributed by atoms with Gasteiger partial charge in [0, 0.05) is 69.0 Å². The molecule has 0 saturated carbocycles. The van der Waals surface area contributed by atoms with E-state index in [4.69, 9.17) is 14.2 Å². The molecule has 1 unspecified atom stereocenters. The van der Waals surface area contributed by atoms with Crippen molar-refractivity contribution in [3.8, 4) is 0 Å². The maximum absolute atomic E-state index is 6.61. The highest BCUT2D eigenvalue weighted by Crippen LogP contribution is 2.34. The topological polar surface area (TPSA) is 63.8 Å². The first kappa shape index (κ1) is 40.6. The summed E-state index contributed by atoms with van der Waals surface area (Å²) in [6.45, 7) is 36.1. The van der Waals surface area contributed by atoms with Gasteiger partial charge in [-0.2, -0.15) is 0 Å². The summed E-state index contributed by atoms with van der Waals surface area (Å²) >= 11 is 0. The molecule has 0 spiro atoms. The van der Waals surface area contributed by atoms with Gasteiger partial charge >= 0.3 is 0 Å². The van der Waals surface area contributed by atoms with E-state index in [1.165, 1.54) is 37.4 Å². The maximum atomic E-state index is 6.61. The first-order valence-electron chi connectivity index (χ1n) is 19.1. The Morgan fingerprint density at radius 3 is 1.04 bits per heavy atom. The molecular formula is C38H79N3O3Si2. The Balaban J connectivity index is 1.52. The third kappa shape index (κ3) is 13.8. The number of piperidine rings is 3. The zero-order valence-electron chi connectivity index (χ0n) is 33.1. The van der Waals surface area contributed by atoms with Crippen molar-refractivity contribution in [3.63, 3.8) is 0 Å². The quantitative estimate of drug-likeness (QED) is 0.113. The van der Waals surface area contributed by atoms with Gasteiger partial charge in [-0.15, -0.1) is 0 Å². The van der Waals surface area contributed by atoms with Crippen LogP contribution in [0.25, 0.3) is 0 Å². The fraction of sp³-hybridized carbons (Fsp3) is 1.00. The van der Waals surface area contributed by atoms with E-state index in [-0.39, 0.29) is 33.2 Å². The van der Waals surface area contributed by atoms with Crippen LogP contribution in [-0.2, 0) is 14.2 Å². The SMILES string of the molecule is C[SiH](CCCOC1CC(C)(C)NC(C)(C)C1)[Si](C)(CCCOC1CC(C)(C)NC(C)(C)C1)CCCOC1CC(C)(C)NC(C)(C)C1. The Morgan fingerprint density at radius 2 is 0.761 bits per heavy atom. The molecular weight excluding hydrogens is 603 g/mol. The first-order chi connectivity index (χ1) is 20.9. The number of hydrogen-bond acceptors (Lipinski definition) is 6. The van der Waals surface area contributed by atoms with E-state index in [0.29, 0.717) is 18.3 Å². The van der Waals surface area contributed by atoms with Crippen molar-refractivity contribution >= 4 is 15.9 Å². The molecule has 0 aromatic carbocycles. The summed E-state index contributed by atoms with van der Waals surface area (Å²) in [4.78, 5) is 0. The zero-order valence-corrected chi connectivity index (χ0v) is 35.3. The van der Waals surface area contributed by atoms with Gasteiger partial charge in [0.15, 0.2) is 0 Å². The second-order valence-corrected chi connectivity index (χ2v) is 34.1. The van der Waals surface area contributed by atoms with Crippen LogP contribution < -0.4 is 16.0 Å². The van der Waals surface area contributed by atoms with Crippen LogP contribution >= 0.6 is 0 Å². The highest BCUT2D eigenvalue weighted by atomic mass is 29.2. The van der Waals surface area contributed by atoms with Gasteiger partial charge in [-0.05, 0) is 141 Å². The molecule has 46 heavy (non-hydrogen) atoms. The molecule has 3 saturated heterocycles. The average Bonchev–Trinajstić information content (AvgIpc) is 2.81. The predicted molar refractivity (Wildman–Crippen MR) is 204 cm³/mol.